The largest absolute Gasteiger partial charge is 0.494 e. The minimum Gasteiger partial charge on any atom is -0.494 e. The molecule has 100 valence electrons. The van der Waals surface area contributed by atoms with Crippen LogP contribution in [0.2, 0.25) is 0 Å². The zero-order chi connectivity index (χ0) is 13.0. The van der Waals surface area contributed by atoms with Gasteiger partial charge in [0.05, 0.1) is 6.61 Å². The van der Waals surface area contributed by atoms with Gasteiger partial charge in [-0.1, -0.05) is 6.07 Å². The lowest BCUT2D eigenvalue weighted by molar-refractivity contribution is 0.232. The molecular weight excluding hydrogens is 224 g/mol. The van der Waals surface area contributed by atoms with E-state index in [-0.39, 0.29) is 0 Å². The van der Waals surface area contributed by atoms with E-state index in [4.69, 9.17) is 4.74 Å². The molecule has 0 radical (unpaired) electrons. The molecule has 3 heteroatoms. The number of piperazine rings is 1. The summed E-state index contributed by atoms with van der Waals surface area (Å²) in [6.07, 6.45) is 0. The molecule has 3 nitrogen and oxygen atoms in total. The average molecular weight is 248 g/mol. The lowest BCUT2D eigenvalue weighted by Crippen LogP contribution is -2.43. The summed E-state index contributed by atoms with van der Waals surface area (Å²) < 4.78 is 5.64. The van der Waals surface area contributed by atoms with Crippen molar-refractivity contribution in [2.24, 2.45) is 0 Å². The van der Waals surface area contributed by atoms with Crippen LogP contribution in [-0.2, 0) is 6.54 Å². The van der Waals surface area contributed by atoms with Gasteiger partial charge >= 0.3 is 0 Å². The van der Waals surface area contributed by atoms with Crippen LogP contribution in [0.5, 0.6) is 5.75 Å². The first-order valence-corrected chi connectivity index (χ1v) is 6.87. The van der Waals surface area contributed by atoms with Gasteiger partial charge in [-0.15, -0.1) is 0 Å². The van der Waals surface area contributed by atoms with Crippen LogP contribution in [0.3, 0.4) is 0 Å². The molecule has 1 N–H and O–H groups in total. The Morgan fingerprint density at radius 2 is 1.89 bits per heavy atom. The smallest absolute Gasteiger partial charge is 0.122 e. The van der Waals surface area contributed by atoms with E-state index in [0.717, 1.165) is 45.1 Å². The number of hydrogen-bond acceptors (Lipinski definition) is 3. The van der Waals surface area contributed by atoms with Gasteiger partial charge in [0.2, 0.25) is 0 Å². The molecule has 1 heterocycles. The molecule has 0 unspecified atom stereocenters. The second kappa shape index (κ2) is 6.21. The van der Waals surface area contributed by atoms with Gasteiger partial charge in [-0.25, -0.2) is 0 Å². The fourth-order valence-electron chi connectivity index (χ4n) is 2.45. The van der Waals surface area contributed by atoms with Gasteiger partial charge in [0.1, 0.15) is 5.75 Å². The van der Waals surface area contributed by atoms with Crippen molar-refractivity contribution < 1.29 is 4.74 Å². The summed E-state index contributed by atoms with van der Waals surface area (Å²) in [7, 11) is 0. The van der Waals surface area contributed by atoms with Crippen molar-refractivity contribution in [1.29, 1.82) is 0 Å². The second-order valence-corrected chi connectivity index (χ2v) is 4.93. The molecule has 0 bridgehead atoms. The molecule has 1 aliphatic rings. The van der Waals surface area contributed by atoms with Gasteiger partial charge in [-0.3, -0.25) is 4.90 Å². The summed E-state index contributed by atoms with van der Waals surface area (Å²) in [5, 5.41) is 3.39. The molecule has 0 spiro atoms. The van der Waals surface area contributed by atoms with Crippen molar-refractivity contribution in [3.05, 3.63) is 28.8 Å². The summed E-state index contributed by atoms with van der Waals surface area (Å²) in [5.41, 5.74) is 4.09. The molecule has 0 amide bonds. The number of ether oxygens (including phenoxy) is 1. The maximum Gasteiger partial charge on any atom is 0.122 e. The van der Waals surface area contributed by atoms with Crippen LogP contribution in [0, 0.1) is 13.8 Å². The van der Waals surface area contributed by atoms with Crippen molar-refractivity contribution >= 4 is 0 Å². The molecule has 18 heavy (non-hydrogen) atoms. The van der Waals surface area contributed by atoms with Crippen molar-refractivity contribution in [2.75, 3.05) is 32.8 Å². The Bertz CT molecular complexity index is 398. The predicted octanol–water partition coefficient (Wildman–Crippen LogP) is 2.11. The Morgan fingerprint density at radius 3 is 2.56 bits per heavy atom. The molecule has 0 aliphatic carbocycles. The van der Waals surface area contributed by atoms with Gasteiger partial charge in [-0.2, -0.15) is 0 Å². The maximum atomic E-state index is 5.64. The molecule has 0 saturated carbocycles. The van der Waals surface area contributed by atoms with Crippen LogP contribution in [0.1, 0.15) is 23.6 Å². The average Bonchev–Trinajstić information content (AvgIpc) is 2.40. The van der Waals surface area contributed by atoms with Gasteiger partial charge in [0.25, 0.3) is 0 Å². The number of benzene rings is 1. The summed E-state index contributed by atoms with van der Waals surface area (Å²) in [5.74, 6) is 1.03. The monoisotopic (exact) mass is 248 g/mol. The van der Waals surface area contributed by atoms with Crippen molar-refractivity contribution in [2.45, 2.75) is 27.3 Å². The van der Waals surface area contributed by atoms with Crippen molar-refractivity contribution in [1.82, 2.24) is 10.2 Å². The molecular formula is C15H24N2O. The summed E-state index contributed by atoms with van der Waals surface area (Å²) in [6.45, 7) is 12.7. The zero-order valence-electron chi connectivity index (χ0n) is 11.8. The maximum absolute atomic E-state index is 5.64. The lowest BCUT2D eigenvalue weighted by Gasteiger charge is -2.28. The molecule has 1 aliphatic heterocycles. The zero-order valence-corrected chi connectivity index (χ0v) is 11.8. The Labute approximate surface area is 110 Å². The highest BCUT2D eigenvalue weighted by atomic mass is 16.5. The van der Waals surface area contributed by atoms with Crippen molar-refractivity contribution in [3.63, 3.8) is 0 Å². The molecule has 1 aromatic carbocycles. The Hall–Kier alpha value is -1.06. The summed E-state index contributed by atoms with van der Waals surface area (Å²) in [6, 6.07) is 4.33. The quantitative estimate of drug-likeness (QED) is 0.883. The number of nitrogens with one attached hydrogen (secondary N) is 1. The van der Waals surface area contributed by atoms with Gasteiger partial charge in [0, 0.05) is 32.7 Å². The third-order valence-electron chi connectivity index (χ3n) is 3.75. The normalized spacial score (nSPS) is 16.8. The standard InChI is InChI=1S/C15H24N2O/c1-4-18-15-6-5-14(12(2)13(15)3)11-17-9-7-16-8-10-17/h5-6,16H,4,7-11H2,1-3H3. The Balaban J connectivity index is 2.10. The van der Waals surface area contributed by atoms with Crippen LogP contribution in [0.15, 0.2) is 12.1 Å². The molecule has 1 fully saturated rings. The van der Waals surface area contributed by atoms with E-state index in [2.05, 4.69) is 36.2 Å². The van der Waals surface area contributed by atoms with Gasteiger partial charge < -0.3 is 10.1 Å². The first kappa shape index (κ1) is 13.4. The Kier molecular flexibility index (Phi) is 4.61. The molecule has 1 aromatic rings. The molecule has 2 rings (SSSR count). The highest BCUT2D eigenvalue weighted by Gasteiger charge is 2.13. The minimum absolute atomic E-state index is 0.734. The van der Waals surface area contributed by atoms with Crippen molar-refractivity contribution in [3.8, 4) is 5.75 Å². The topological polar surface area (TPSA) is 24.5 Å². The second-order valence-electron chi connectivity index (χ2n) is 4.93. The SMILES string of the molecule is CCOc1ccc(CN2CCNCC2)c(C)c1C. The summed E-state index contributed by atoms with van der Waals surface area (Å²) >= 11 is 0. The van der Waals surface area contributed by atoms with Crippen LogP contribution in [0.25, 0.3) is 0 Å². The van der Waals surface area contributed by atoms with Gasteiger partial charge in [0.15, 0.2) is 0 Å². The molecule has 0 aromatic heterocycles. The molecule has 1 saturated heterocycles. The third-order valence-corrected chi connectivity index (χ3v) is 3.75. The number of rotatable bonds is 4. The van der Waals surface area contributed by atoms with E-state index in [1.54, 1.807) is 0 Å². The first-order valence-electron chi connectivity index (χ1n) is 6.87. The fourth-order valence-corrected chi connectivity index (χ4v) is 2.45. The van der Waals surface area contributed by atoms with E-state index in [9.17, 15) is 0 Å². The highest BCUT2D eigenvalue weighted by molar-refractivity contribution is 5.43. The third kappa shape index (κ3) is 3.03. The molecule has 0 atom stereocenters. The van der Waals surface area contributed by atoms with Gasteiger partial charge in [-0.05, 0) is 43.5 Å². The fraction of sp³-hybridized carbons (Fsp3) is 0.600. The minimum atomic E-state index is 0.734. The van der Waals surface area contributed by atoms with E-state index in [0.29, 0.717) is 0 Å². The van der Waals surface area contributed by atoms with E-state index in [1.165, 1.54) is 16.7 Å². The first-order chi connectivity index (χ1) is 8.72. The van der Waals surface area contributed by atoms with E-state index < -0.39 is 0 Å². The predicted molar refractivity (Wildman–Crippen MR) is 75.2 cm³/mol. The van der Waals surface area contributed by atoms with Crippen LogP contribution < -0.4 is 10.1 Å². The lowest BCUT2D eigenvalue weighted by atomic mass is 10.0. The van der Waals surface area contributed by atoms with E-state index >= 15 is 0 Å². The highest BCUT2D eigenvalue weighted by Crippen LogP contribution is 2.25. The van der Waals surface area contributed by atoms with E-state index in [1.807, 2.05) is 6.92 Å². The summed E-state index contributed by atoms with van der Waals surface area (Å²) in [4.78, 5) is 2.51. The van der Waals surface area contributed by atoms with Crippen LogP contribution in [-0.4, -0.2) is 37.7 Å². The van der Waals surface area contributed by atoms with Crippen LogP contribution in [0.4, 0.5) is 0 Å². The number of hydrogen-bond donors (Lipinski definition) is 1. The van der Waals surface area contributed by atoms with Crippen LogP contribution >= 0.6 is 0 Å². The number of nitrogens with zero attached hydrogens (tertiary/aromatic N) is 1. The Morgan fingerprint density at radius 1 is 1.17 bits per heavy atom.